The van der Waals surface area contributed by atoms with Crippen LogP contribution in [0.25, 0.3) is 5.82 Å². The highest BCUT2D eigenvalue weighted by atomic mass is 16.6. The summed E-state index contributed by atoms with van der Waals surface area (Å²) in [7, 11) is 0. The predicted octanol–water partition coefficient (Wildman–Crippen LogP) is 0.264. The number of amides is 1. The van der Waals surface area contributed by atoms with Gasteiger partial charge in [-0.2, -0.15) is 9.78 Å². The van der Waals surface area contributed by atoms with Gasteiger partial charge in [-0.3, -0.25) is 4.79 Å². The Balaban J connectivity index is 1.77. The maximum Gasteiger partial charge on any atom is 0.293 e. The van der Waals surface area contributed by atoms with E-state index in [-0.39, 0.29) is 23.1 Å². The summed E-state index contributed by atoms with van der Waals surface area (Å²) in [5, 5.41) is 27.9. The van der Waals surface area contributed by atoms with Crippen molar-refractivity contribution >= 4 is 17.9 Å². The molecule has 25 heavy (non-hydrogen) atoms. The van der Waals surface area contributed by atoms with E-state index in [1.54, 1.807) is 12.1 Å². The number of nitrogens with one attached hydrogen (secondary N) is 1. The van der Waals surface area contributed by atoms with Crippen LogP contribution in [0.5, 0.6) is 5.75 Å². The number of anilines is 1. The van der Waals surface area contributed by atoms with Gasteiger partial charge in [0, 0.05) is 0 Å². The number of hydrazone groups is 1. The number of aromatic nitrogens is 5. The van der Waals surface area contributed by atoms with E-state index >= 15 is 0 Å². The zero-order valence-electron chi connectivity index (χ0n) is 13.1. The molecule has 2 heterocycles. The van der Waals surface area contributed by atoms with Gasteiger partial charge >= 0.3 is 0 Å². The number of phenols is 1. The lowest BCUT2D eigenvalue weighted by Gasteiger charge is -2.02. The summed E-state index contributed by atoms with van der Waals surface area (Å²) in [6.45, 7) is 1.83. The minimum Gasteiger partial charge on any atom is -0.508 e. The van der Waals surface area contributed by atoms with Crippen LogP contribution in [0.2, 0.25) is 0 Å². The van der Waals surface area contributed by atoms with Crippen molar-refractivity contribution in [2.45, 2.75) is 13.3 Å². The van der Waals surface area contributed by atoms with Crippen molar-refractivity contribution < 1.29 is 14.5 Å². The lowest BCUT2D eigenvalue weighted by Crippen LogP contribution is -2.20. The standard InChI is InChI=1S/C14H14N8O3/c1-2-10-11(17-21-22(10)13-12(15)19-25-20-13)14(24)18-16-7-8-3-5-9(23)6-4-8/h3-7,23H,2H2,1H3,(H2,15,19)(H,18,24)/b16-7-. The Kier molecular flexibility index (Phi) is 4.37. The summed E-state index contributed by atoms with van der Waals surface area (Å²) < 4.78 is 5.83. The fraction of sp³-hybridized carbons (Fsp3) is 0.143. The maximum atomic E-state index is 12.3. The van der Waals surface area contributed by atoms with Gasteiger partial charge in [-0.15, -0.1) is 5.10 Å². The van der Waals surface area contributed by atoms with E-state index in [2.05, 4.69) is 35.8 Å². The van der Waals surface area contributed by atoms with Gasteiger partial charge in [0.2, 0.25) is 11.6 Å². The molecule has 3 aromatic rings. The van der Waals surface area contributed by atoms with Crippen molar-refractivity contribution in [2.75, 3.05) is 5.73 Å². The largest absolute Gasteiger partial charge is 0.508 e. The third kappa shape index (κ3) is 3.29. The lowest BCUT2D eigenvalue weighted by molar-refractivity contribution is 0.0949. The normalized spacial score (nSPS) is 11.1. The number of nitrogen functional groups attached to an aromatic ring is 1. The topological polar surface area (TPSA) is 157 Å². The number of benzene rings is 1. The number of carbonyl (C=O) groups is 1. The highest BCUT2D eigenvalue weighted by Gasteiger charge is 2.22. The summed E-state index contributed by atoms with van der Waals surface area (Å²) in [5.41, 5.74) is 9.29. The van der Waals surface area contributed by atoms with Gasteiger partial charge in [0.15, 0.2) is 5.69 Å². The first-order valence-corrected chi connectivity index (χ1v) is 7.25. The number of nitrogens with two attached hydrogens (primary N) is 1. The Morgan fingerprint density at radius 3 is 2.80 bits per heavy atom. The second-order valence-corrected chi connectivity index (χ2v) is 4.91. The molecule has 1 aromatic carbocycles. The van der Waals surface area contributed by atoms with E-state index in [1.165, 1.54) is 23.0 Å². The first-order valence-electron chi connectivity index (χ1n) is 7.25. The van der Waals surface area contributed by atoms with Gasteiger partial charge in [-0.05, 0) is 46.6 Å². The summed E-state index contributed by atoms with van der Waals surface area (Å²) in [6, 6.07) is 6.33. The Labute approximate surface area is 141 Å². The summed E-state index contributed by atoms with van der Waals surface area (Å²) in [5.74, 6) is -0.187. The van der Waals surface area contributed by atoms with Gasteiger partial charge in [-0.25, -0.2) is 10.1 Å². The average molecular weight is 342 g/mol. The van der Waals surface area contributed by atoms with Crippen LogP contribution in [-0.2, 0) is 6.42 Å². The molecule has 0 saturated carbocycles. The molecule has 11 heteroatoms. The van der Waals surface area contributed by atoms with E-state index in [4.69, 9.17) is 5.73 Å². The Bertz CT molecular complexity index is 913. The first-order chi connectivity index (χ1) is 12.1. The van der Waals surface area contributed by atoms with Gasteiger partial charge in [0.25, 0.3) is 5.91 Å². The van der Waals surface area contributed by atoms with Crippen LogP contribution in [0.4, 0.5) is 5.82 Å². The molecule has 0 unspecified atom stereocenters. The second kappa shape index (κ2) is 6.78. The van der Waals surface area contributed by atoms with E-state index in [9.17, 15) is 9.90 Å². The monoisotopic (exact) mass is 342 g/mol. The van der Waals surface area contributed by atoms with Crippen molar-refractivity contribution in [1.29, 1.82) is 0 Å². The van der Waals surface area contributed by atoms with Crippen molar-refractivity contribution in [3.63, 3.8) is 0 Å². The van der Waals surface area contributed by atoms with Crippen molar-refractivity contribution in [3.05, 3.63) is 41.2 Å². The van der Waals surface area contributed by atoms with Crippen molar-refractivity contribution in [1.82, 2.24) is 30.7 Å². The Hall–Kier alpha value is -3.76. The molecule has 0 spiro atoms. The SMILES string of the molecule is CCc1c(C(=O)N/N=C\c2ccc(O)cc2)nnn1-c1nonc1N. The van der Waals surface area contributed by atoms with E-state index in [0.29, 0.717) is 17.7 Å². The number of nitrogens with zero attached hydrogens (tertiary/aromatic N) is 6. The van der Waals surface area contributed by atoms with Crippen LogP contribution < -0.4 is 11.2 Å². The zero-order valence-corrected chi connectivity index (χ0v) is 13.1. The Morgan fingerprint density at radius 1 is 1.40 bits per heavy atom. The molecule has 3 rings (SSSR count). The fourth-order valence-corrected chi connectivity index (χ4v) is 2.08. The molecule has 128 valence electrons. The van der Waals surface area contributed by atoms with E-state index in [1.807, 2.05) is 6.92 Å². The molecule has 0 aliphatic heterocycles. The van der Waals surface area contributed by atoms with Gasteiger partial charge < -0.3 is 10.8 Å². The molecular weight excluding hydrogens is 328 g/mol. The first kappa shape index (κ1) is 16.1. The third-order valence-corrected chi connectivity index (χ3v) is 3.28. The van der Waals surface area contributed by atoms with E-state index in [0.717, 1.165) is 0 Å². The molecule has 0 bridgehead atoms. The molecule has 0 fully saturated rings. The van der Waals surface area contributed by atoms with Crippen molar-refractivity contribution in [2.24, 2.45) is 5.10 Å². The van der Waals surface area contributed by atoms with Crippen LogP contribution in [0, 0.1) is 0 Å². The quantitative estimate of drug-likeness (QED) is 0.440. The average Bonchev–Trinajstić information content (AvgIpc) is 3.21. The molecule has 0 saturated heterocycles. The predicted molar refractivity (Wildman–Crippen MR) is 86.2 cm³/mol. The maximum absolute atomic E-state index is 12.3. The number of rotatable bonds is 5. The van der Waals surface area contributed by atoms with Crippen LogP contribution in [0.3, 0.4) is 0 Å². The molecule has 1 amide bonds. The lowest BCUT2D eigenvalue weighted by atomic mass is 10.2. The van der Waals surface area contributed by atoms with Gasteiger partial charge in [0.1, 0.15) is 5.75 Å². The number of hydrogen-bond donors (Lipinski definition) is 3. The number of aromatic hydroxyl groups is 1. The second-order valence-electron chi connectivity index (χ2n) is 4.91. The van der Waals surface area contributed by atoms with E-state index < -0.39 is 5.91 Å². The van der Waals surface area contributed by atoms with Crippen LogP contribution >= 0.6 is 0 Å². The molecule has 4 N–H and O–H groups in total. The van der Waals surface area contributed by atoms with Crippen LogP contribution in [0.15, 0.2) is 34.0 Å². The molecule has 0 radical (unpaired) electrons. The zero-order chi connectivity index (χ0) is 17.8. The summed E-state index contributed by atoms with van der Waals surface area (Å²) in [4.78, 5) is 12.3. The minimum atomic E-state index is -0.534. The minimum absolute atomic E-state index is 0.0388. The van der Waals surface area contributed by atoms with Gasteiger partial charge in [0.05, 0.1) is 11.9 Å². The fourth-order valence-electron chi connectivity index (χ4n) is 2.08. The summed E-state index contributed by atoms with van der Waals surface area (Å²) in [6.07, 6.45) is 1.89. The molecule has 11 nitrogen and oxygen atoms in total. The molecule has 0 aliphatic carbocycles. The highest BCUT2D eigenvalue weighted by Crippen LogP contribution is 2.16. The molecule has 0 aliphatic rings. The molecule has 2 aromatic heterocycles. The Morgan fingerprint density at radius 2 is 2.16 bits per heavy atom. The number of carbonyl (C=O) groups excluding carboxylic acids is 1. The summed E-state index contributed by atoms with van der Waals surface area (Å²) >= 11 is 0. The number of phenolic OH excluding ortho intramolecular Hbond substituents is 1. The van der Waals surface area contributed by atoms with Crippen molar-refractivity contribution in [3.8, 4) is 11.6 Å². The highest BCUT2D eigenvalue weighted by molar-refractivity contribution is 5.94. The number of hydrogen-bond acceptors (Lipinski definition) is 9. The molecule has 0 atom stereocenters. The third-order valence-electron chi connectivity index (χ3n) is 3.28. The molecular formula is C14H14N8O3. The van der Waals surface area contributed by atoms with Gasteiger partial charge in [-0.1, -0.05) is 12.1 Å². The smallest absolute Gasteiger partial charge is 0.293 e. The van der Waals surface area contributed by atoms with Crippen LogP contribution in [0.1, 0.15) is 28.7 Å². The van der Waals surface area contributed by atoms with Crippen LogP contribution in [-0.4, -0.2) is 42.5 Å².